The van der Waals surface area contributed by atoms with Crippen molar-refractivity contribution in [3.63, 3.8) is 0 Å². The Balaban J connectivity index is 0. The normalized spacial score (nSPS) is 11.8. The number of carbonyl (C=O) groups excluding carboxylic acids is 1. The average molecular weight is 238 g/mol. The van der Waals surface area contributed by atoms with Gasteiger partial charge >= 0.3 is 55.1 Å². The molecule has 0 heterocycles. The number of quaternary nitrogens is 1. The number of aliphatic hydroxyl groups is 3. The molecule has 0 aromatic carbocycles. The summed E-state index contributed by atoms with van der Waals surface area (Å²) in [5.41, 5.74) is 0. The minimum atomic E-state index is -1.19. The van der Waals surface area contributed by atoms with Gasteiger partial charge in [-0.1, -0.05) is 0 Å². The Hall–Kier alpha value is -0.480. The molecule has 3 N–H and O–H groups in total. The number of hydrogen-bond acceptors (Lipinski definition) is 5. The van der Waals surface area contributed by atoms with E-state index in [1.54, 1.807) is 0 Å². The van der Waals surface area contributed by atoms with Gasteiger partial charge in [-0.05, 0) is 0 Å². The molecule has 0 aliphatic carbocycles. The van der Waals surface area contributed by atoms with E-state index in [1.165, 1.54) is 0 Å². The standard InChI is InChI=1S/C5H11NO2P.C3H6O3/c1-6(2,3-4-7)5-9-8;4-1-3(6)2-5/h7H,3-4H2,1-2H3;1,3,5-6H,2H2/q+1;. The molecule has 15 heavy (non-hydrogen) atoms. The van der Waals surface area contributed by atoms with Crippen LogP contribution in [0.3, 0.4) is 0 Å². The molecule has 0 aromatic heterocycles. The second kappa shape index (κ2) is 10.1. The molecule has 0 aliphatic rings. The van der Waals surface area contributed by atoms with Crippen LogP contribution in [0.15, 0.2) is 0 Å². The maximum atomic E-state index is 9.98. The maximum Gasteiger partial charge on any atom is 0.150 e. The van der Waals surface area contributed by atoms with E-state index in [1.807, 2.05) is 14.1 Å². The first kappa shape index (κ1) is 16.9. The number of nitrogens with zero attached hydrogens (tertiary/aromatic N) is 1. The van der Waals surface area contributed by atoms with Gasteiger partial charge in [-0.15, -0.1) is 0 Å². The van der Waals surface area contributed by atoms with Gasteiger partial charge in [0.15, 0.2) is 6.29 Å². The third-order valence-corrected chi connectivity index (χ3v) is 1.94. The summed E-state index contributed by atoms with van der Waals surface area (Å²) < 4.78 is 10.3. The van der Waals surface area contributed by atoms with E-state index in [0.29, 0.717) is 11.0 Å². The van der Waals surface area contributed by atoms with E-state index in [4.69, 9.17) is 15.3 Å². The molecule has 1 atom stereocenters. The Morgan fingerprint density at radius 1 is 1.47 bits per heavy atom. The van der Waals surface area contributed by atoms with Gasteiger partial charge < -0.3 is 15.0 Å². The van der Waals surface area contributed by atoms with Crippen molar-refractivity contribution >= 4 is 14.2 Å². The SMILES string of the molecule is C[N+](C)(C#P=O)CCO.O=CC(O)CO. The van der Waals surface area contributed by atoms with Crippen molar-refractivity contribution in [3.8, 4) is 5.75 Å². The summed E-state index contributed by atoms with van der Waals surface area (Å²) in [5, 5.41) is 24.4. The van der Waals surface area contributed by atoms with Gasteiger partial charge in [-0.3, -0.25) is 0 Å². The van der Waals surface area contributed by atoms with E-state index in [9.17, 15) is 9.36 Å². The van der Waals surface area contributed by atoms with Crippen molar-refractivity contribution in [2.75, 3.05) is 33.9 Å². The van der Waals surface area contributed by atoms with E-state index >= 15 is 0 Å². The van der Waals surface area contributed by atoms with Crippen LogP contribution >= 0.6 is 7.92 Å². The third-order valence-electron chi connectivity index (χ3n) is 1.31. The van der Waals surface area contributed by atoms with Gasteiger partial charge in [-0.25, -0.2) is 0 Å². The van der Waals surface area contributed by atoms with Gasteiger partial charge in [0.25, 0.3) is 0 Å². The fourth-order valence-corrected chi connectivity index (χ4v) is 0.775. The van der Waals surface area contributed by atoms with Crippen molar-refractivity contribution < 1.29 is 29.2 Å². The summed E-state index contributed by atoms with van der Waals surface area (Å²) in [7, 11) is 3.54. The van der Waals surface area contributed by atoms with E-state index in [2.05, 4.69) is 5.75 Å². The van der Waals surface area contributed by atoms with Crippen molar-refractivity contribution in [2.24, 2.45) is 0 Å². The van der Waals surface area contributed by atoms with Crippen LogP contribution in [-0.2, 0) is 9.36 Å². The summed E-state index contributed by atoms with van der Waals surface area (Å²) >= 11 is 0. The van der Waals surface area contributed by atoms with Crippen molar-refractivity contribution in [1.29, 1.82) is 0 Å². The van der Waals surface area contributed by atoms with Gasteiger partial charge in [0.2, 0.25) is 0 Å². The number of rotatable bonds is 4. The van der Waals surface area contributed by atoms with Gasteiger partial charge in [-0.2, -0.15) is 0 Å². The quantitative estimate of drug-likeness (QED) is 0.325. The predicted octanol–water partition coefficient (Wildman–Crippen LogP) is -1.20. The van der Waals surface area contributed by atoms with Crippen LogP contribution in [0.25, 0.3) is 0 Å². The summed E-state index contributed by atoms with van der Waals surface area (Å²) in [6.07, 6.45) is -0.912. The minimum absolute atomic E-state index is 0.0928. The summed E-state index contributed by atoms with van der Waals surface area (Å²) in [6, 6.07) is 0. The molecular formula is C8H17NO5P+. The topological polar surface area (TPSA) is 94.8 Å². The first-order valence-corrected chi connectivity index (χ1v) is 5.02. The van der Waals surface area contributed by atoms with Crippen molar-refractivity contribution in [1.82, 2.24) is 0 Å². The first-order chi connectivity index (χ1) is 6.93. The molecule has 0 spiro atoms. The minimum Gasteiger partial charge on any atom is -0.393 e. The molecule has 7 heteroatoms. The van der Waals surface area contributed by atoms with Crippen LogP contribution in [0.1, 0.15) is 0 Å². The number of hydrogen-bond donors (Lipinski definition) is 3. The number of carbonyl (C=O) groups is 1. The second-order valence-corrected chi connectivity index (χ2v) is 3.59. The number of likely N-dealkylation sites (N-methyl/N-ethyl adjacent to an activating group) is 1. The van der Waals surface area contributed by atoms with Crippen LogP contribution in [0, 0.1) is 5.75 Å². The molecule has 0 fully saturated rings. The van der Waals surface area contributed by atoms with Crippen LogP contribution in [0.5, 0.6) is 0 Å². The largest absolute Gasteiger partial charge is 0.393 e. The Morgan fingerprint density at radius 3 is 2.20 bits per heavy atom. The summed E-state index contributed by atoms with van der Waals surface area (Å²) in [6.45, 7) is 0.161. The first-order valence-electron chi connectivity index (χ1n) is 4.21. The van der Waals surface area contributed by atoms with Crippen LogP contribution in [0.2, 0.25) is 0 Å². The zero-order chi connectivity index (χ0) is 12.3. The zero-order valence-corrected chi connectivity index (χ0v) is 9.72. The summed E-state index contributed by atoms with van der Waals surface area (Å²) in [4.78, 5) is 9.33. The Labute approximate surface area is 89.9 Å². The zero-order valence-electron chi connectivity index (χ0n) is 8.83. The molecule has 0 saturated heterocycles. The molecular weight excluding hydrogens is 221 g/mol. The third kappa shape index (κ3) is 13.5. The molecule has 0 aliphatic heterocycles. The van der Waals surface area contributed by atoms with Gasteiger partial charge in [0.05, 0.1) is 6.61 Å². The molecule has 0 aromatic rings. The van der Waals surface area contributed by atoms with E-state index < -0.39 is 12.7 Å². The Bertz CT molecular complexity index is 261. The maximum absolute atomic E-state index is 9.98. The number of aldehydes is 1. The fraction of sp³-hybridized carbons (Fsp3) is 0.750. The van der Waals surface area contributed by atoms with E-state index in [-0.39, 0.29) is 20.8 Å². The van der Waals surface area contributed by atoms with Crippen LogP contribution in [0.4, 0.5) is 0 Å². The summed E-state index contributed by atoms with van der Waals surface area (Å²) in [5.74, 6) is 2.62. The monoisotopic (exact) mass is 238 g/mol. The van der Waals surface area contributed by atoms with Crippen molar-refractivity contribution in [2.45, 2.75) is 6.10 Å². The average Bonchev–Trinajstić information content (AvgIpc) is 2.17. The molecule has 0 radical (unpaired) electrons. The molecule has 6 nitrogen and oxygen atoms in total. The van der Waals surface area contributed by atoms with Crippen molar-refractivity contribution in [3.05, 3.63) is 0 Å². The van der Waals surface area contributed by atoms with Gasteiger partial charge in [0, 0.05) is 0 Å². The number of aliphatic hydroxyl groups excluding tert-OH is 3. The molecule has 0 amide bonds. The predicted molar refractivity (Wildman–Crippen MR) is 54.7 cm³/mol. The van der Waals surface area contributed by atoms with E-state index in [0.717, 1.165) is 0 Å². The molecule has 0 bridgehead atoms. The second-order valence-electron chi connectivity index (χ2n) is 3.21. The molecule has 88 valence electrons. The fourth-order valence-electron chi connectivity index (χ4n) is 0.454. The Morgan fingerprint density at radius 2 is 2.00 bits per heavy atom. The van der Waals surface area contributed by atoms with Crippen LogP contribution < -0.4 is 0 Å². The van der Waals surface area contributed by atoms with Crippen LogP contribution in [-0.4, -0.2) is 66.0 Å². The Kier molecular flexibility index (Phi) is 11.3. The molecule has 1 unspecified atom stereocenters. The smallest absolute Gasteiger partial charge is 0.150 e. The van der Waals surface area contributed by atoms with Gasteiger partial charge in [0.1, 0.15) is 6.10 Å². The molecule has 0 rings (SSSR count). The molecule has 0 saturated carbocycles.